The van der Waals surface area contributed by atoms with E-state index >= 15 is 0 Å². The van der Waals surface area contributed by atoms with Crippen LogP contribution >= 0.6 is 0 Å². The number of hydrogen-bond acceptors (Lipinski definition) is 6. The summed E-state index contributed by atoms with van der Waals surface area (Å²) in [6.07, 6.45) is 4.48. The van der Waals surface area contributed by atoms with Gasteiger partial charge in [0.2, 0.25) is 5.95 Å². The maximum absolute atomic E-state index is 11.3. The molecule has 0 amide bonds. The van der Waals surface area contributed by atoms with Crippen LogP contribution in [0.5, 0.6) is 5.75 Å². The second-order valence-corrected chi connectivity index (χ2v) is 8.35. The third kappa shape index (κ3) is 4.74. The number of ether oxygens (including phenoxy) is 1. The van der Waals surface area contributed by atoms with E-state index in [1.54, 1.807) is 19.4 Å². The molecule has 0 aliphatic carbocycles. The van der Waals surface area contributed by atoms with Gasteiger partial charge in [-0.05, 0) is 66.9 Å². The van der Waals surface area contributed by atoms with Crippen LogP contribution in [0.4, 0.5) is 17.5 Å². The molecule has 5 N–H and O–H groups in total. The zero-order valence-corrected chi connectivity index (χ0v) is 19.5. The van der Waals surface area contributed by atoms with Gasteiger partial charge >= 0.3 is 5.97 Å². The summed E-state index contributed by atoms with van der Waals surface area (Å²) >= 11 is 0. The number of rotatable bonds is 9. The number of carboxylic acids is 1. The van der Waals surface area contributed by atoms with Crippen LogP contribution in [-0.4, -0.2) is 44.7 Å². The van der Waals surface area contributed by atoms with Crippen LogP contribution in [0.15, 0.2) is 54.9 Å². The fourth-order valence-corrected chi connectivity index (χ4v) is 4.30. The van der Waals surface area contributed by atoms with Crippen molar-refractivity contribution < 1.29 is 14.6 Å². The summed E-state index contributed by atoms with van der Waals surface area (Å²) in [5.74, 6) is 1.14. The Labute approximate surface area is 201 Å². The monoisotopic (exact) mass is 470 g/mol. The van der Waals surface area contributed by atoms with Gasteiger partial charge < -0.3 is 30.4 Å². The van der Waals surface area contributed by atoms with E-state index in [4.69, 9.17) is 4.74 Å². The molecular formula is C26H26N6O3. The van der Waals surface area contributed by atoms with Crippen molar-refractivity contribution in [3.63, 3.8) is 0 Å². The van der Waals surface area contributed by atoms with Crippen molar-refractivity contribution in [2.45, 2.75) is 19.8 Å². The number of aliphatic carboxylic acids is 1. The van der Waals surface area contributed by atoms with Gasteiger partial charge in [0, 0.05) is 52.1 Å². The number of aryl methyl sites for hydroxylation is 1. The summed E-state index contributed by atoms with van der Waals surface area (Å²) in [7, 11) is 1.67. The average molecular weight is 471 g/mol. The van der Waals surface area contributed by atoms with Crippen molar-refractivity contribution in [1.82, 2.24) is 19.9 Å². The third-order valence-electron chi connectivity index (χ3n) is 6.03. The minimum absolute atomic E-state index is 0.0277. The number of methoxy groups -OCH3 is 1. The molecule has 9 heteroatoms. The van der Waals surface area contributed by atoms with Crippen molar-refractivity contribution in [2.75, 3.05) is 24.3 Å². The van der Waals surface area contributed by atoms with E-state index in [1.807, 2.05) is 49.5 Å². The van der Waals surface area contributed by atoms with Gasteiger partial charge in [-0.15, -0.1) is 0 Å². The van der Waals surface area contributed by atoms with E-state index in [1.165, 1.54) is 5.56 Å². The van der Waals surface area contributed by atoms with E-state index < -0.39 is 5.97 Å². The van der Waals surface area contributed by atoms with Crippen LogP contribution in [0, 0.1) is 6.92 Å². The number of aromatic amines is 2. The summed E-state index contributed by atoms with van der Waals surface area (Å²) in [4.78, 5) is 26.7. The Hall–Kier alpha value is -4.53. The van der Waals surface area contributed by atoms with E-state index in [-0.39, 0.29) is 6.42 Å². The number of aromatic nitrogens is 4. The van der Waals surface area contributed by atoms with Crippen molar-refractivity contribution in [2.24, 2.45) is 0 Å². The van der Waals surface area contributed by atoms with Crippen LogP contribution in [0.2, 0.25) is 0 Å². The van der Waals surface area contributed by atoms with Crippen LogP contribution in [0.3, 0.4) is 0 Å². The van der Waals surface area contributed by atoms with Crippen molar-refractivity contribution >= 4 is 45.2 Å². The number of carbonyl (C=O) groups is 1. The highest BCUT2D eigenvalue weighted by Crippen LogP contribution is 2.27. The number of anilines is 3. The van der Waals surface area contributed by atoms with Crippen LogP contribution in [0.25, 0.3) is 21.8 Å². The Balaban J connectivity index is 1.27. The fourth-order valence-electron chi connectivity index (χ4n) is 4.30. The number of H-pyrrole nitrogens is 2. The molecule has 0 aliphatic rings. The summed E-state index contributed by atoms with van der Waals surface area (Å²) in [5.41, 5.74) is 5.64. The first-order valence-electron chi connectivity index (χ1n) is 11.3. The van der Waals surface area contributed by atoms with Crippen molar-refractivity contribution in [1.29, 1.82) is 0 Å². The molecule has 0 aliphatic heterocycles. The lowest BCUT2D eigenvalue weighted by Crippen LogP contribution is -2.08. The molecule has 3 heterocycles. The third-order valence-corrected chi connectivity index (χ3v) is 6.03. The number of fused-ring (bicyclic) bond motifs is 2. The van der Waals surface area contributed by atoms with E-state index in [2.05, 4.69) is 30.6 Å². The molecule has 0 spiro atoms. The molecule has 2 aromatic carbocycles. The SMILES string of the molecule is COc1ccc2[nH]cc(CCNc3nccc(Nc4ccc5[nH]c(C)c(CC(=O)O)c5c4)n3)c2c1. The highest BCUT2D eigenvalue weighted by molar-refractivity contribution is 5.91. The highest BCUT2D eigenvalue weighted by atomic mass is 16.5. The highest BCUT2D eigenvalue weighted by Gasteiger charge is 2.13. The van der Waals surface area contributed by atoms with Gasteiger partial charge in [-0.1, -0.05) is 0 Å². The maximum Gasteiger partial charge on any atom is 0.307 e. The minimum Gasteiger partial charge on any atom is -0.497 e. The molecule has 0 saturated carbocycles. The summed E-state index contributed by atoms with van der Waals surface area (Å²) in [5, 5.41) is 17.9. The molecule has 0 unspecified atom stereocenters. The Morgan fingerprint density at radius 2 is 1.97 bits per heavy atom. The van der Waals surface area contributed by atoms with Crippen LogP contribution < -0.4 is 15.4 Å². The lowest BCUT2D eigenvalue weighted by molar-refractivity contribution is -0.136. The van der Waals surface area contributed by atoms with E-state index in [9.17, 15) is 9.90 Å². The summed E-state index contributed by atoms with van der Waals surface area (Å²) in [6.45, 7) is 2.56. The van der Waals surface area contributed by atoms with Gasteiger partial charge in [0.25, 0.3) is 0 Å². The summed E-state index contributed by atoms with van der Waals surface area (Å²) < 4.78 is 5.35. The molecule has 0 saturated heterocycles. The molecule has 35 heavy (non-hydrogen) atoms. The molecule has 3 aromatic heterocycles. The molecule has 5 aromatic rings. The zero-order valence-electron chi connectivity index (χ0n) is 19.5. The van der Waals surface area contributed by atoms with Crippen LogP contribution in [-0.2, 0) is 17.6 Å². The van der Waals surface area contributed by atoms with E-state index in [0.29, 0.717) is 18.3 Å². The first kappa shape index (κ1) is 22.3. The molecule has 0 bridgehead atoms. The minimum atomic E-state index is -0.856. The summed E-state index contributed by atoms with van der Waals surface area (Å²) in [6, 6.07) is 13.6. The van der Waals surface area contributed by atoms with Gasteiger partial charge in [-0.3, -0.25) is 4.79 Å². The smallest absolute Gasteiger partial charge is 0.307 e. The lowest BCUT2D eigenvalue weighted by atomic mass is 10.1. The Morgan fingerprint density at radius 3 is 2.80 bits per heavy atom. The second-order valence-electron chi connectivity index (χ2n) is 8.35. The fraction of sp³-hybridized carbons (Fsp3) is 0.192. The maximum atomic E-state index is 11.3. The first-order valence-corrected chi connectivity index (χ1v) is 11.3. The average Bonchev–Trinajstić information content (AvgIpc) is 3.39. The number of benzene rings is 2. The van der Waals surface area contributed by atoms with Gasteiger partial charge in [0.05, 0.1) is 13.5 Å². The normalized spacial score (nSPS) is 11.1. The van der Waals surface area contributed by atoms with Gasteiger partial charge in [0.1, 0.15) is 11.6 Å². The number of nitrogens with zero attached hydrogens (tertiary/aromatic N) is 2. The molecule has 9 nitrogen and oxygen atoms in total. The molecular weight excluding hydrogens is 444 g/mol. The predicted molar refractivity (Wildman–Crippen MR) is 137 cm³/mol. The molecule has 5 rings (SSSR count). The van der Waals surface area contributed by atoms with Gasteiger partial charge in [-0.25, -0.2) is 4.98 Å². The largest absolute Gasteiger partial charge is 0.497 e. The zero-order chi connectivity index (χ0) is 24.4. The second kappa shape index (κ2) is 9.38. The van der Waals surface area contributed by atoms with Crippen molar-refractivity contribution in [3.8, 4) is 5.75 Å². The molecule has 0 radical (unpaired) electrons. The van der Waals surface area contributed by atoms with Crippen LogP contribution in [0.1, 0.15) is 16.8 Å². The number of nitrogens with one attached hydrogen (secondary N) is 4. The van der Waals surface area contributed by atoms with Gasteiger partial charge in [0.15, 0.2) is 0 Å². The topological polar surface area (TPSA) is 128 Å². The van der Waals surface area contributed by atoms with Crippen molar-refractivity contribution in [3.05, 3.63) is 71.7 Å². The predicted octanol–water partition coefficient (Wildman–Crippen LogP) is 4.78. The quantitative estimate of drug-likeness (QED) is 0.210. The Kier molecular flexibility index (Phi) is 5.97. The van der Waals surface area contributed by atoms with Gasteiger partial charge in [-0.2, -0.15) is 4.98 Å². The number of hydrogen-bond donors (Lipinski definition) is 5. The van der Waals surface area contributed by atoms with E-state index in [0.717, 1.165) is 50.9 Å². The molecule has 178 valence electrons. The first-order chi connectivity index (χ1) is 17.0. The number of carboxylic acid groups (broad SMARTS) is 1. The Bertz CT molecular complexity index is 1520. The molecule has 0 fully saturated rings. The Morgan fingerprint density at radius 1 is 1.11 bits per heavy atom. The standard InChI is InChI=1S/C26H26N6O3/c1-15-19(13-25(33)34)21-11-17(3-5-23(21)30-15)31-24-8-10-28-26(32-24)27-9-7-16-14-29-22-6-4-18(35-2)12-20(16)22/h3-6,8,10-12,14,29-30H,7,9,13H2,1-2H3,(H,33,34)(H2,27,28,31,32). The molecule has 0 atom stereocenters. The lowest BCUT2D eigenvalue weighted by Gasteiger charge is -2.09.